The Hall–Kier alpha value is -3.45. The van der Waals surface area contributed by atoms with Crippen molar-refractivity contribution in [2.24, 2.45) is 0 Å². The SMILES string of the molecule is Cc1cc2c(cnn2-c2ccc(F)cc2)cc1N1CCN(S(=O)(=O)c2cnn(CC(F)(F)F)c2)C2(CC2)C1. The molecular weight excluding hydrogens is 524 g/mol. The molecule has 0 atom stereocenters. The largest absolute Gasteiger partial charge is 0.408 e. The van der Waals surface area contributed by atoms with Crippen molar-refractivity contribution in [3.8, 4) is 5.69 Å². The molecule has 2 fully saturated rings. The van der Waals surface area contributed by atoms with Crippen LogP contribution < -0.4 is 4.90 Å². The van der Waals surface area contributed by atoms with Crippen LogP contribution in [0.1, 0.15) is 18.4 Å². The second kappa shape index (κ2) is 8.53. The van der Waals surface area contributed by atoms with Crippen LogP contribution in [0.25, 0.3) is 16.6 Å². The Bertz CT molecular complexity index is 1620. The number of anilines is 1. The fourth-order valence-electron chi connectivity index (χ4n) is 5.26. The van der Waals surface area contributed by atoms with Crippen LogP contribution in [0.15, 0.2) is 59.9 Å². The molecule has 38 heavy (non-hydrogen) atoms. The molecule has 2 aromatic heterocycles. The van der Waals surface area contributed by atoms with Gasteiger partial charge in [0.1, 0.15) is 17.3 Å². The quantitative estimate of drug-likeness (QED) is 0.348. The number of rotatable bonds is 5. The van der Waals surface area contributed by atoms with Gasteiger partial charge in [-0.3, -0.25) is 4.68 Å². The van der Waals surface area contributed by atoms with Crippen molar-refractivity contribution >= 4 is 26.6 Å². The average Bonchev–Trinajstić information content (AvgIpc) is 3.24. The fraction of sp³-hybridized carbons (Fsp3) is 0.360. The minimum Gasteiger partial charge on any atom is -0.368 e. The number of sulfonamides is 1. The molecule has 0 amide bonds. The van der Waals surface area contributed by atoms with E-state index in [-0.39, 0.29) is 17.3 Å². The Balaban J connectivity index is 1.25. The molecule has 13 heteroatoms. The number of alkyl halides is 3. The van der Waals surface area contributed by atoms with E-state index in [4.69, 9.17) is 0 Å². The van der Waals surface area contributed by atoms with Crippen molar-refractivity contribution in [2.75, 3.05) is 24.5 Å². The van der Waals surface area contributed by atoms with Gasteiger partial charge in [-0.1, -0.05) is 0 Å². The summed E-state index contributed by atoms with van der Waals surface area (Å²) in [6.07, 6.45) is 0.521. The maximum atomic E-state index is 13.4. The standard InChI is InChI=1S/C25H24F4N6O2S/c1-17-10-23-18(12-31-35(23)20-4-2-19(26)3-5-20)11-22(17)32-8-9-34(24(15-32)6-7-24)38(36,37)21-13-30-33(14-21)16-25(27,28)29/h2-5,10-14H,6-9,15-16H2,1H3. The molecule has 2 aliphatic rings. The molecular formula is C25H24F4N6O2S. The van der Waals surface area contributed by atoms with E-state index in [1.165, 1.54) is 16.4 Å². The van der Waals surface area contributed by atoms with Crippen molar-refractivity contribution in [2.45, 2.75) is 42.9 Å². The summed E-state index contributed by atoms with van der Waals surface area (Å²) < 4.78 is 82.1. The predicted octanol–water partition coefficient (Wildman–Crippen LogP) is 4.28. The van der Waals surface area contributed by atoms with Crippen LogP contribution in [0.5, 0.6) is 0 Å². The number of halogens is 4. The molecule has 1 aliphatic carbocycles. The number of fused-ring (bicyclic) bond motifs is 1. The highest BCUT2D eigenvalue weighted by Gasteiger charge is 2.56. The predicted molar refractivity (Wildman–Crippen MR) is 132 cm³/mol. The minimum absolute atomic E-state index is 0.207. The van der Waals surface area contributed by atoms with Gasteiger partial charge in [-0.15, -0.1) is 0 Å². The van der Waals surface area contributed by atoms with Gasteiger partial charge in [0.2, 0.25) is 10.0 Å². The highest BCUT2D eigenvalue weighted by molar-refractivity contribution is 7.89. The molecule has 0 bridgehead atoms. The lowest BCUT2D eigenvalue weighted by molar-refractivity contribution is -0.142. The lowest BCUT2D eigenvalue weighted by Crippen LogP contribution is -2.57. The van der Waals surface area contributed by atoms with Gasteiger partial charge < -0.3 is 4.90 Å². The van der Waals surface area contributed by atoms with Gasteiger partial charge >= 0.3 is 6.18 Å². The van der Waals surface area contributed by atoms with Gasteiger partial charge in [-0.2, -0.15) is 27.7 Å². The molecule has 200 valence electrons. The molecule has 0 unspecified atom stereocenters. The first kappa shape index (κ1) is 24.9. The maximum Gasteiger partial charge on any atom is 0.408 e. The Morgan fingerprint density at radius 1 is 1.03 bits per heavy atom. The zero-order valence-corrected chi connectivity index (χ0v) is 21.2. The van der Waals surface area contributed by atoms with Gasteiger partial charge in [-0.25, -0.2) is 17.5 Å². The van der Waals surface area contributed by atoms with E-state index in [2.05, 4.69) is 15.1 Å². The van der Waals surface area contributed by atoms with E-state index >= 15 is 0 Å². The van der Waals surface area contributed by atoms with Gasteiger partial charge in [0.25, 0.3) is 0 Å². The summed E-state index contributed by atoms with van der Waals surface area (Å²) in [5.74, 6) is -0.325. The highest BCUT2D eigenvalue weighted by atomic mass is 32.2. The molecule has 1 aliphatic heterocycles. The van der Waals surface area contributed by atoms with E-state index in [9.17, 15) is 26.0 Å². The van der Waals surface area contributed by atoms with Gasteiger partial charge in [0.15, 0.2) is 0 Å². The summed E-state index contributed by atoms with van der Waals surface area (Å²) >= 11 is 0. The molecule has 6 rings (SSSR count). The third-order valence-electron chi connectivity index (χ3n) is 7.25. The molecule has 1 saturated carbocycles. The summed E-state index contributed by atoms with van der Waals surface area (Å²) in [5, 5.41) is 8.99. The van der Waals surface area contributed by atoms with Crippen LogP contribution in [0.4, 0.5) is 23.2 Å². The van der Waals surface area contributed by atoms with Crippen molar-refractivity contribution in [1.82, 2.24) is 23.9 Å². The van der Waals surface area contributed by atoms with Gasteiger partial charge in [-0.05, 0) is 61.7 Å². The number of benzene rings is 2. The number of aromatic nitrogens is 4. The van der Waals surface area contributed by atoms with Gasteiger partial charge in [0, 0.05) is 36.9 Å². The van der Waals surface area contributed by atoms with E-state index in [1.807, 2.05) is 19.1 Å². The second-order valence-corrected chi connectivity index (χ2v) is 11.8. The number of hydrogen-bond donors (Lipinski definition) is 0. The number of hydrogen-bond acceptors (Lipinski definition) is 5. The second-order valence-electron chi connectivity index (χ2n) is 9.94. The molecule has 0 radical (unpaired) electrons. The molecule has 2 aromatic carbocycles. The zero-order valence-electron chi connectivity index (χ0n) is 20.4. The van der Waals surface area contributed by atoms with E-state index in [1.54, 1.807) is 23.0 Å². The zero-order chi connectivity index (χ0) is 26.9. The van der Waals surface area contributed by atoms with Crippen LogP contribution in [-0.4, -0.2) is 63.6 Å². The van der Waals surface area contributed by atoms with E-state index in [0.29, 0.717) is 30.6 Å². The highest BCUT2D eigenvalue weighted by Crippen LogP contribution is 2.48. The lowest BCUT2D eigenvalue weighted by atomic mass is 10.1. The molecule has 0 N–H and O–H groups in total. The Kier molecular flexibility index (Phi) is 5.58. The third kappa shape index (κ3) is 4.33. The first-order chi connectivity index (χ1) is 18.0. The smallest absolute Gasteiger partial charge is 0.368 e. The molecule has 3 heterocycles. The topological polar surface area (TPSA) is 76.3 Å². The Labute approximate surface area is 216 Å². The third-order valence-corrected chi connectivity index (χ3v) is 9.21. The summed E-state index contributed by atoms with van der Waals surface area (Å²) in [4.78, 5) is 1.93. The van der Waals surface area contributed by atoms with Gasteiger partial charge in [0.05, 0.1) is 29.1 Å². The van der Waals surface area contributed by atoms with Crippen molar-refractivity contribution in [1.29, 1.82) is 0 Å². The maximum absolute atomic E-state index is 13.4. The first-order valence-corrected chi connectivity index (χ1v) is 13.5. The fourth-order valence-corrected chi connectivity index (χ4v) is 7.03. The summed E-state index contributed by atoms with van der Waals surface area (Å²) in [6.45, 7) is 1.74. The van der Waals surface area contributed by atoms with Crippen LogP contribution in [0.3, 0.4) is 0 Å². The molecule has 1 saturated heterocycles. The number of piperazine rings is 1. The Morgan fingerprint density at radius 3 is 2.45 bits per heavy atom. The Morgan fingerprint density at radius 2 is 1.76 bits per heavy atom. The average molecular weight is 549 g/mol. The monoisotopic (exact) mass is 548 g/mol. The lowest BCUT2D eigenvalue weighted by Gasteiger charge is -2.42. The first-order valence-electron chi connectivity index (χ1n) is 12.1. The molecule has 1 spiro atoms. The van der Waals surface area contributed by atoms with Crippen molar-refractivity contribution in [3.05, 3.63) is 66.4 Å². The summed E-state index contributed by atoms with van der Waals surface area (Å²) in [6, 6.07) is 10.1. The molecule has 4 aromatic rings. The van der Waals surface area contributed by atoms with Crippen LogP contribution in [-0.2, 0) is 16.6 Å². The van der Waals surface area contributed by atoms with Crippen LogP contribution in [0.2, 0.25) is 0 Å². The number of aryl methyl sites for hydroxylation is 1. The van der Waals surface area contributed by atoms with E-state index in [0.717, 1.165) is 40.2 Å². The molecule has 8 nitrogen and oxygen atoms in total. The summed E-state index contributed by atoms with van der Waals surface area (Å²) in [5.41, 5.74) is 2.96. The minimum atomic E-state index is -4.50. The van der Waals surface area contributed by atoms with Crippen LogP contribution in [0, 0.1) is 12.7 Å². The van der Waals surface area contributed by atoms with E-state index < -0.39 is 28.3 Å². The normalized spacial score (nSPS) is 18.0. The van der Waals surface area contributed by atoms with Crippen molar-refractivity contribution < 1.29 is 26.0 Å². The van der Waals surface area contributed by atoms with Crippen LogP contribution >= 0.6 is 0 Å². The summed E-state index contributed by atoms with van der Waals surface area (Å²) in [7, 11) is -4.01. The number of nitrogens with zero attached hydrogens (tertiary/aromatic N) is 6. The van der Waals surface area contributed by atoms with Crippen molar-refractivity contribution in [3.63, 3.8) is 0 Å².